The Bertz CT molecular complexity index is 1030. The van der Waals surface area contributed by atoms with Gasteiger partial charge in [-0.3, -0.25) is 0 Å². The van der Waals surface area contributed by atoms with Crippen molar-refractivity contribution in [1.29, 1.82) is 0 Å². The highest BCUT2D eigenvalue weighted by Crippen LogP contribution is 2.44. The molecule has 0 aliphatic heterocycles. The molecule has 13 heteroatoms. The number of carboxylic acids is 1. The molecule has 7 nitrogen and oxygen atoms in total. The number of alkyl halides is 3. The molecule has 0 radical (unpaired) electrons. The van der Waals surface area contributed by atoms with Crippen molar-refractivity contribution >= 4 is 49.2 Å². The Morgan fingerprint density at radius 2 is 1.89 bits per heavy atom. The van der Waals surface area contributed by atoms with Gasteiger partial charge in [0, 0.05) is 5.56 Å². The molecule has 0 bridgehead atoms. The first kappa shape index (κ1) is 22.7. The van der Waals surface area contributed by atoms with Gasteiger partial charge in [0.2, 0.25) is 0 Å². The lowest BCUT2D eigenvalue weighted by Gasteiger charge is -2.27. The number of carboxylic acid groups (broad SMARTS) is 1. The van der Waals surface area contributed by atoms with Crippen LogP contribution in [-0.4, -0.2) is 35.6 Å². The van der Waals surface area contributed by atoms with Gasteiger partial charge in [-0.05, 0) is 39.3 Å². The second-order valence-corrected chi connectivity index (χ2v) is 9.80. The third-order valence-corrected chi connectivity index (χ3v) is 5.42. The van der Waals surface area contributed by atoms with E-state index in [1.807, 2.05) is 0 Å². The summed E-state index contributed by atoms with van der Waals surface area (Å²) < 4.78 is 71.5. The summed E-state index contributed by atoms with van der Waals surface area (Å²) in [4.78, 5) is 15.7. The zero-order chi connectivity index (χ0) is 21.7. The molecular weight excluding hydrogens is 447 g/mol. The lowest BCUT2D eigenvalue weighted by molar-refractivity contribution is -0.160. The fourth-order valence-electron chi connectivity index (χ4n) is 2.30. The molecule has 1 aromatic carbocycles. The van der Waals surface area contributed by atoms with E-state index in [1.54, 1.807) is 0 Å². The Labute approximate surface area is 167 Å². The van der Waals surface area contributed by atoms with E-state index in [0.29, 0.717) is 11.3 Å². The lowest BCUT2D eigenvalue weighted by atomic mass is 10.0. The van der Waals surface area contributed by atoms with Gasteiger partial charge in [-0.2, -0.15) is 21.6 Å². The van der Waals surface area contributed by atoms with Crippen molar-refractivity contribution in [1.82, 2.24) is 4.98 Å². The number of aliphatic carboxylic acids is 1. The van der Waals surface area contributed by atoms with E-state index < -0.39 is 39.1 Å². The van der Waals surface area contributed by atoms with Crippen LogP contribution < -0.4 is 4.18 Å². The van der Waals surface area contributed by atoms with Gasteiger partial charge in [-0.1, -0.05) is 22.9 Å². The van der Waals surface area contributed by atoms with Gasteiger partial charge in [0.05, 0.1) is 15.8 Å². The van der Waals surface area contributed by atoms with E-state index in [4.69, 9.17) is 16.3 Å². The lowest BCUT2D eigenvalue weighted by Crippen LogP contribution is -2.31. The molecule has 0 spiro atoms. The minimum atomic E-state index is -6.09. The largest absolute Gasteiger partial charge is 0.534 e. The van der Waals surface area contributed by atoms with E-state index in [9.17, 15) is 31.5 Å². The first-order valence-electron chi connectivity index (χ1n) is 7.54. The third-order valence-electron chi connectivity index (χ3n) is 3.29. The Morgan fingerprint density at radius 3 is 2.36 bits per heavy atom. The summed E-state index contributed by atoms with van der Waals surface area (Å²) in [6.45, 7) is 5.98. The van der Waals surface area contributed by atoms with Crippen LogP contribution >= 0.6 is 22.9 Å². The predicted octanol–water partition coefficient (Wildman–Crippen LogP) is 4.43. The highest BCUT2D eigenvalue weighted by atomic mass is 35.5. The minimum Gasteiger partial charge on any atom is -0.479 e. The number of fused-ring (bicyclic) bond motifs is 1. The van der Waals surface area contributed by atoms with E-state index in [-0.39, 0.29) is 25.8 Å². The molecule has 28 heavy (non-hydrogen) atoms. The number of aromatic nitrogens is 1. The summed E-state index contributed by atoms with van der Waals surface area (Å²) in [7, 11) is -6.09. The Kier molecular flexibility index (Phi) is 5.92. The van der Waals surface area contributed by atoms with Gasteiger partial charge in [0.1, 0.15) is 0 Å². The van der Waals surface area contributed by atoms with Crippen LogP contribution in [0.1, 0.15) is 38.0 Å². The zero-order valence-electron chi connectivity index (χ0n) is 14.9. The fourth-order valence-corrected chi connectivity index (χ4v) is 3.93. The first-order chi connectivity index (χ1) is 12.5. The number of carbonyl (C=O) groups is 1. The topological polar surface area (TPSA) is 103 Å². The average Bonchev–Trinajstić information content (AvgIpc) is 2.83. The maximum absolute atomic E-state index is 12.9. The van der Waals surface area contributed by atoms with Crippen LogP contribution in [0.25, 0.3) is 10.2 Å². The molecule has 0 aliphatic rings. The number of ether oxygens (including phenoxy) is 1. The number of benzene rings is 1. The van der Waals surface area contributed by atoms with Crippen LogP contribution in [-0.2, 0) is 19.6 Å². The van der Waals surface area contributed by atoms with Crippen LogP contribution in [0.3, 0.4) is 0 Å². The quantitative estimate of drug-likeness (QED) is 0.519. The average molecular weight is 462 g/mol. The number of aryl methyl sites for hydroxylation is 1. The number of rotatable bonds is 5. The van der Waals surface area contributed by atoms with Crippen LogP contribution in [0, 0.1) is 6.92 Å². The van der Waals surface area contributed by atoms with Gasteiger partial charge < -0.3 is 14.0 Å². The third kappa shape index (κ3) is 4.67. The maximum Gasteiger partial charge on any atom is 0.534 e. The van der Waals surface area contributed by atoms with Gasteiger partial charge >= 0.3 is 21.6 Å². The number of hydrogen-bond acceptors (Lipinski definition) is 7. The van der Waals surface area contributed by atoms with Gasteiger partial charge in [0.15, 0.2) is 16.3 Å². The van der Waals surface area contributed by atoms with Crippen molar-refractivity contribution in [3.05, 3.63) is 21.7 Å². The van der Waals surface area contributed by atoms with Crippen molar-refractivity contribution in [2.24, 2.45) is 0 Å². The molecule has 0 fully saturated rings. The molecule has 0 saturated heterocycles. The Morgan fingerprint density at radius 1 is 1.32 bits per heavy atom. The van der Waals surface area contributed by atoms with E-state index in [2.05, 4.69) is 9.17 Å². The number of halogens is 4. The molecule has 1 N–H and O–H groups in total. The van der Waals surface area contributed by atoms with Crippen LogP contribution in [0.2, 0.25) is 4.47 Å². The molecule has 2 rings (SSSR count). The molecule has 2 aromatic rings. The summed E-state index contributed by atoms with van der Waals surface area (Å²) in [5.74, 6) is -2.37. The number of hydrogen-bond donors (Lipinski definition) is 1. The predicted molar refractivity (Wildman–Crippen MR) is 96.2 cm³/mol. The van der Waals surface area contributed by atoms with Crippen molar-refractivity contribution in [3.8, 4) is 5.75 Å². The highest BCUT2D eigenvalue weighted by molar-refractivity contribution is 7.88. The SMILES string of the molecule is Cc1cc2nc(Cl)sc2c(OS(=O)(=O)C(F)(F)F)c1C(OC(C)(C)C)C(=O)O. The van der Waals surface area contributed by atoms with E-state index in [1.165, 1.54) is 33.8 Å². The fraction of sp³-hybridized carbons (Fsp3) is 0.467. The standard InChI is InChI=1S/C15H15ClF3NO6S2/c1-6-5-7-11(27-13(16)20-7)9(26-28(23,24)15(17,18)19)8(6)10(12(21)22)25-14(2,3)4/h5,10H,1-4H3,(H,21,22). The van der Waals surface area contributed by atoms with Gasteiger partial charge in [0.25, 0.3) is 0 Å². The first-order valence-corrected chi connectivity index (χ1v) is 10.1. The normalized spacial score (nSPS) is 14.3. The van der Waals surface area contributed by atoms with E-state index in [0.717, 1.165) is 0 Å². The van der Waals surface area contributed by atoms with Crippen molar-refractivity contribution in [2.75, 3.05) is 0 Å². The summed E-state index contributed by atoms with van der Waals surface area (Å²) in [5.41, 5.74) is -6.95. The summed E-state index contributed by atoms with van der Waals surface area (Å²) >= 11 is 6.45. The van der Waals surface area contributed by atoms with Gasteiger partial charge in [-0.25, -0.2) is 9.78 Å². The molecule has 1 heterocycles. The maximum atomic E-state index is 12.9. The molecule has 0 aliphatic carbocycles. The smallest absolute Gasteiger partial charge is 0.479 e. The second kappa shape index (κ2) is 7.32. The minimum absolute atomic E-state index is 0.0588. The monoisotopic (exact) mass is 461 g/mol. The van der Waals surface area contributed by atoms with Crippen molar-refractivity contribution < 1.29 is 40.4 Å². The van der Waals surface area contributed by atoms with Crippen molar-refractivity contribution in [3.63, 3.8) is 0 Å². The second-order valence-electron chi connectivity index (χ2n) is 6.68. The zero-order valence-corrected chi connectivity index (χ0v) is 17.3. The molecule has 0 saturated carbocycles. The summed E-state index contributed by atoms with van der Waals surface area (Å²) in [6.07, 6.45) is -1.80. The summed E-state index contributed by atoms with van der Waals surface area (Å²) in [5, 5.41) is 9.58. The molecule has 1 atom stereocenters. The summed E-state index contributed by atoms with van der Waals surface area (Å²) in [6, 6.07) is 1.36. The van der Waals surface area contributed by atoms with E-state index >= 15 is 0 Å². The van der Waals surface area contributed by atoms with Gasteiger partial charge in [-0.15, -0.1) is 0 Å². The van der Waals surface area contributed by atoms with Crippen LogP contribution in [0.15, 0.2) is 6.07 Å². The molecule has 1 aromatic heterocycles. The van der Waals surface area contributed by atoms with Crippen molar-refractivity contribution in [2.45, 2.75) is 44.9 Å². The Balaban J connectivity index is 2.84. The molecule has 156 valence electrons. The molecule has 1 unspecified atom stereocenters. The van der Waals surface area contributed by atoms with Crippen LogP contribution in [0.4, 0.5) is 13.2 Å². The number of nitrogens with zero attached hydrogens (tertiary/aromatic N) is 1. The van der Waals surface area contributed by atoms with Crippen LogP contribution in [0.5, 0.6) is 5.75 Å². The molecule has 0 amide bonds. The number of thiazole rings is 1. The Hall–Kier alpha value is -1.63. The highest BCUT2D eigenvalue weighted by Gasteiger charge is 2.49. The molecular formula is C15H15ClF3NO6S2.